The molecule has 0 spiro atoms. The summed E-state index contributed by atoms with van der Waals surface area (Å²) >= 11 is 0. The highest BCUT2D eigenvalue weighted by atomic mass is 16.3. The van der Waals surface area contributed by atoms with Gasteiger partial charge in [0.05, 0.1) is 27.8 Å². The molecule has 2 heterocycles. The Labute approximate surface area is 353 Å². The Balaban J connectivity index is 0.916. The highest BCUT2D eigenvalue weighted by Crippen LogP contribution is 2.44. The summed E-state index contributed by atoms with van der Waals surface area (Å²) in [4.78, 5) is 2.35. The van der Waals surface area contributed by atoms with Gasteiger partial charge in [0.15, 0.2) is 0 Å². The lowest BCUT2D eigenvalue weighted by atomic mass is 9.98. The first-order valence-electron chi connectivity index (χ1n) is 20.8. The van der Waals surface area contributed by atoms with Crippen molar-refractivity contribution in [3.63, 3.8) is 0 Å². The topological polar surface area (TPSA) is 21.3 Å². The van der Waals surface area contributed by atoms with Crippen LogP contribution in [0, 0.1) is 0 Å². The fourth-order valence-electron chi connectivity index (χ4n) is 9.28. The molecule has 0 saturated heterocycles. The fraction of sp³-hybridized carbons (Fsp3) is 0. The molecule has 0 saturated carbocycles. The predicted octanol–water partition coefficient (Wildman–Crippen LogP) is 16.3. The summed E-state index contributed by atoms with van der Waals surface area (Å²) in [7, 11) is 0. The van der Waals surface area contributed by atoms with Crippen molar-refractivity contribution < 1.29 is 4.42 Å². The molecular weight excluding hydrogens is 741 g/mol. The smallest absolute Gasteiger partial charge is 0.137 e. The summed E-state index contributed by atoms with van der Waals surface area (Å²) in [6.45, 7) is 0. The lowest BCUT2D eigenvalue weighted by Crippen LogP contribution is -2.10. The van der Waals surface area contributed by atoms with Gasteiger partial charge in [-0.25, -0.2) is 0 Å². The van der Waals surface area contributed by atoms with E-state index in [1.165, 1.54) is 66.1 Å². The van der Waals surface area contributed by atoms with Crippen LogP contribution in [0.1, 0.15) is 0 Å². The lowest BCUT2D eigenvalue weighted by Gasteiger charge is -2.26. The van der Waals surface area contributed by atoms with E-state index in [1.54, 1.807) is 0 Å². The van der Waals surface area contributed by atoms with Gasteiger partial charge in [-0.3, -0.25) is 0 Å². The molecule has 0 unspecified atom stereocenters. The average molecular weight is 779 g/mol. The van der Waals surface area contributed by atoms with Gasteiger partial charge in [0.2, 0.25) is 0 Å². The summed E-state index contributed by atoms with van der Waals surface area (Å²) in [6, 6.07) is 82.9. The van der Waals surface area contributed by atoms with E-state index in [9.17, 15) is 0 Å². The van der Waals surface area contributed by atoms with Gasteiger partial charge in [0.1, 0.15) is 11.2 Å². The largest absolute Gasteiger partial charge is 0.456 e. The highest BCUT2D eigenvalue weighted by Gasteiger charge is 2.20. The van der Waals surface area contributed by atoms with Crippen molar-refractivity contribution in [2.24, 2.45) is 0 Å². The summed E-state index contributed by atoms with van der Waals surface area (Å²) in [5.74, 6) is 0. The Morgan fingerprint density at radius 1 is 0.344 bits per heavy atom. The van der Waals surface area contributed by atoms with E-state index in [4.69, 9.17) is 4.42 Å². The van der Waals surface area contributed by atoms with E-state index in [-0.39, 0.29) is 0 Å². The molecule has 0 N–H and O–H groups in total. The Kier molecular flexibility index (Phi) is 8.17. The third-order valence-corrected chi connectivity index (χ3v) is 12.2. The van der Waals surface area contributed by atoms with Gasteiger partial charge < -0.3 is 13.9 Å². The van der Waals surface area contributed by atoms with Crippen LogP contribution >= 0.6 is 0 Å². The second kappa shape index (κ2) is 14.3. The van der Waals surface area contributed by atoms with E-state index in [1.807, 2.05) is 12.1 Å². The number of fused-ring (bicyclic) bond motifs is 7. The molecule has 0 aliphatic rings. The van der Waals surface area contributed by atoms with Gasteiger partial charge in [-0.15, -0.1) is 0 Å². The van der Waals surface area contributed by atoms with Gasteiger partial charge in [-0.05, 0) is 105 Å². The van der Waals surface area contributed by atoms with Crippen molar-refractivity contribution in [2.75, 3.05) is 4.90 Å². The number of para-hydroxylation sites is 4. The van der Waals surface area contributed by atoms with Crippen LogP contribution in [0.2, 0.25) is 0 Å². The first kappa shape index (κ1) is 34.9. The zero-order chi connectivity index (χ0) is 40.3. The van der Waals surface area contributed by atoms with Crippen LogP contribution in [-0.4, -0.2) is 4.57 Å². The standard InChI is InChI=1S/C58H38N2O/c1-2-13-44-38-45(29-26-39(44)12-1)42-32-36-47(37-33-42)59(55-21-11-23-57-58(55)51-17-6-10-22-56(51)61-57)46-34-30-41(31-35-46)40-24-27-43(28-25-40)48-14-3-7-18-52(48)60-53-19-8-4-15-49(53)50-16-5-9-20-54(50)60/h1-38H. The second-order valence-corrected chi connectivity index (χ2v) is 15.7. The van der Waals surface area contributed by atoms with Gasteiger partial charge in [-0.2, -0.15) is 0 Å². The van der Waals surface area contributed by atoms with Crippen LogP contribution in [0.4, 0.5) is 17.1 Å². The molecule has 2 aromatic heterocycles. The third kappa shape index (κ3) is 5.90. The molecule has 0 radical (unpaired) electrons. The molecule has 0 atom stereocenters. The van der Waals surface area contributed by atoms with Crippen LogP contribution in [0.25, 0.3) is 93.6 Å². The first-order chi connectivity index (χ1) is 30.2. The minimum Gasteiger partial charge on any atom is -0.456 e. The normalized spacial score (nSPS) is 11.6. The SMILES string of the molecule is c1ccc(-n2c3ccccc3c3ccccc32)c(-c2ccc(-c3ccc(N(c4ccc(-c5ccc6ccccc6c5)cc4)c4cccc5oc6ccccc6c45)cc3)cc2)c1. The first-order valence-corrected chi connectivity index (χ1v) is 20.8. The maximum absolute atomic E-state index is 6.38. The monoisotopic (exact) mass is 778 g/mol. The number of furan rings is 1. The predicted molar refractivity (Wildman–Crippen MR) is 257 cm³/mol. The molecule has 10 aromatic carbocycles. The van der Waals surface area contributed by atoms with Crippen LogP contribution in [0.3, 0.4) is 0 Å². The number of hydrogen-bond acceptors (Lipinski definition) is 2. The molecule has 286 valence electrons. The summed E-state index contributed by atoms with van der Waals surface area (Å²) < 4.78 is 8.79. The van der Waals surface area contributed by atoms with Crippen molar-refractivity contribution in [1.82, 2.24) is 4.57 Å². The maximum atomic E-state index is 6.38. The lowest BCUT2D eigenvalue weighted by molar-refractivity contribution is 0.669. The van der Waals surface area contributed by atoms with E-state index < -0.39 is 0 Å². The van der Waals surface area contributed by atoms with Gasteiger partial charge >= 0.3 is 0 Å². The third-order valence-electron chi connectivity index (χ3n) is 12.2. The van der Waals surface area contributed by atoms with Crippen LogP contribution < -0.4 is 4.90 Å². The van der Waals surface area contributed by atoms with E-state index in [0.717, 1.165) is 44.6 Å². The van der Waals surface area contributed by atoms with Crippen molar-refractivity contribution in [3.05, 3.63) is 231 Å². The van der Waals surface area contributed by atoms with Crippen molar-refractivity contribution in [1.29, 1.82) is 0 Å². The summed E-state index contributed by atoms with van der Waals surface area (Å²) in [6.07, 6.45) is 0. The maximum Gasteiger partial charge on any atom is 0.137 e. The van der Waals surface area contributed by atoms with E-state index in [2.05, 4.69) is 228 Å². The number of nitrogens with zero attached hydrogens (tertiary/aromatic N) is 2. The van der Waals surface area contributed by atoms with Crippen LogP contribution in [0.5, 0.6) is 0 Å². The van der Waals surface area contributed by atoms with E-state index in [0.29, 0.717) is 0 Å². The number of benzene rings is 10. The van der Waals surface area contributed by atoms with Gasteiger partial charge in [-0.1, -0.05) is 164 Å². The molecule has 61 heavy (non-hydrogen) atoms. The zero-order valence-corrected chi connectivity index (χ0v) is 33.2. The van der Waals surface area contributed by atoms with Crippen LogP contribution in [-0.2, 0) is 0 Å². The number of anilines is 3. The molecular formula is C58H38N2O. The molecule has 0 aliphatic heterocycles. The zero-order valence-electron chi connectivity index (χ0n) is 33.2. The van der Waals surface area contributed by atoms with Crippen LogP contribution in [0.15, 0.2) is 235 Å². The summed E-state index contributed by atoms with van der Waals surface area (Å²) in [5, 5.41) is 7.20. The van der Waals surface area contributed by atoms with E-state index >= 15 is 0 Å². The number of hydrogen-bond donors (Lipinski definition) is 0. The minimum absolute atomic E-state index is 0.868. The molecule has 0 bridgehead atoms. The molecule has 3 nitrogen and oxygen atoms in total. The Morgan fingerprint density at radius 3 is 1.56 bits per heavy atom. The van der Waals surface area contributed by atoms with Crippen molar-refractivity contribution >= 4 is 71.6 Å². The Morgan fingerprint density at radius 2 is 0.852 bits per heavy atom. The van der Waals surface area contributed by atoms with Gasteiger partial charge in [0, 0.05) is 33.1 Å². The fourth-order valence-corrected chi connectivity index (χ4v) is 9.28. The highest BCUT2D eigenvalue weighted by molar-refractivity contribution is 6.13. The Bertz CT molecular complexity index is 3520. The molecule has 3 heteroatoms. The molecule has 12 rings (SSSR count). The molecule has 0 aliphatic carbocycles. The quantitative estimate of drug-likeness (QED) is 0.161. The second-order valence-electron chi connectivity index (χ2n) is 15.7. The summed E-state index contributed by atoms with van der Waals surface area (Å²) in [5.41, 5.74) is 15.6. The molecule has 12 aromatic rings. The molecule has 0 fully saturated rings. The number of rotatable bonds is 7. The van der Waals surface area contributed by atoms with Crippen molar-refractivity contribution in [3.8, 4) is 39.1 Å². The minimum atomic E-state index is 0.868. The average Bonchev–Trinajstić information content (AvgIpc) is 3.88. The Hall–Kier alpha value is -8.14. The number of aromatic nitrogens is 1. The molecule has 0 amide bonds. The van der Waals surface area contributed by atoms with Crippen molar-refractivity contribution in [2.45, 2.75) is 0 Å². The van der Waals surface area contributed by atoms with Gasteiger partial charge in [0.25, 0.3) is 0 Å².